The van der Waals surface area contributed by atoms with Crippen molar-refractivity contribution >= 4 is 63.7 Å². The molecule has 9 heteroatoms. The third-order valence-corrected chi connectivity index (χ3v) is 4.41. The monoisotopic (exact) mass is 445 g/mol. The van der Waals surface area contributed by atoms with Crippen LogP contribution in [0.25, 0.3) is 0 Å². The van der Waals surface area contributed by atoms with Crippen molar-refractivity contribution in [2.24, 2.45) is 0 Å². The van der Waals surface area contributed by atoms with Crippen LogP contribution in [0.3, 0.4) is 0 Å². The van der Waals surface area contributed by atoms with E-state index in [0.717, 1.165) is 5.56 Å². The Hall–Kier alpha value is -1.73. The van der Waals surface area contributed by atoms with Gasteiger partial charge in [0.25, 0.3) is 5.91 Å². The average molecular weight is 447 g/mol. The van der Waals surface area contributed by atoms with Crippen LogP contribution >= 0.6 is 47.0 Å². The molecule has 2 rings (SSSR count). The molecule has 0 fully saturated rings. The maximum atomic E-state index is 12.4. The lowest BCUT2D eigenvalue weighted by Crippen LogP contribution is -2.56. The van der Waals surface area contributed by atoms with Gasteiger partial charge < -0.3 is 20.7 Å². The average Bonchev–Trinajstić information content (AvgIpc) is 2.61. The quantitative estimate of drug-likeness (QED) is 0.361. The first-order chi connectivity index (χ1) is 12.7. The number of carbonyl (C=O) groups is 1. The van der Waals surface area contributed by atoms with E-state index in [1.165, 1.54) is 0 Å². The molecule has 0 aliphatic heterocycles. The highest BCUT2D eigenvalue weighted by molar-refractivity contribution is 7.80. The van der Waals surface area contributed by atoms with E-state index in [-0.39, 0.29) is 5.11 Å². The van der Waals surface area contributed by atoms with Crippen molar-refractivity contribution in [2.75, 3.05) is 12.4 Å². The summed E-state index contributed by atoms with van der Waals surface area (Å²) in [5, 5.41) is 8.58. The fourth-order valence-corrected chi connectivity index (χ4v) is 2.65. The molecule has 0 radical (unpaired) electrons. The maximum absolute atomic E-state index is 12.4. The van der Waals surface area contributed by atoms with Crippen LogP contribution in [0.4, 0.5) is 5.69 Å². The topological polar surface area (TPSA) is 62.4 Å². The first-order valence-electron chi connectivity index (χ1n) is 7.85. The molecule has 2 aromatic carbocycles. The van der Waals surface area contributed by atoms with Gasteiger partial charge in [0.05, 0.1) is 7.11 Å². The zero-order valence-electron chi connectivity index (χ0n) is 14.6. The molecule has 0 aliphatic carbocycles. The summed E-state index contributed by atoms with van der Waals surface area (Å²) in [6, 6.07) is 14.1. The number of amides is 1. The molecule has 0 saturated carbocycles. The number of hydrogen-bond donors (Lipinski definition) is 3. The summed E-state index contributed by atoms with van der Waals surface area (Å²) in [5.41, 5.74) is 2.18. The smallest absolute Gasteiger partial charge is 0.252 e. The van der Waals surface area contributed by atoms with Gasteiger partial charge in [0.1, 0.15) is 11.9 Å². The number of halogens is 3. The predicted octanol–water partition coefficient (Wildman–Crippen LogP) is 4.42. The highest BCUT2D eigenvalue weighted by Gasteiger charge is 2.34. The van der Waals surface area contributed by atoms with Crippen LogP contribution in [-0.4, -0.2) is 28.1 Å². The van der Waals surface area contributed by atoms with Crippen molar-refractivity contribution in [3.05, 3.63) is 59.7 Å². The molecule has 144 valence electrons. The fraction of sp³-hybridized carbons (Fsp3) is 0.222. The molecule has 0 saturated heterocycles. The number of alkyl halides is 3. The minimum Gasteiger partial charge on any atom is -0.497 e. The number of nitrogens with one attached hydrogen (secondary N) is 3. The van der Waals surface area contributed by atoms with E-state index in [2.05, 4.69) is 16.0 Å². The number of benzene rings is 2. The number of rotatable bonds is 5. The van der Waals surface area contributed by atoms with Crippen LogP contribution in [0.5, 0.6) is 5.75 Å². The number of thiocarbonyl (C=S) groups is 1. The lowest BCUT2D eigenvalue weighted by molar-refractivity contribution is 0.0934. The highest BCUT2D eigenvalue weighted by Crippen LogP contribution is 2.29. The van der Waals surface area contributed by atoms with Gasteiger partial charge in [0, 0.05) is 11.3 Å². The molecule has 1 amide bonds. The molecule has 1 atom stereocenters. The number of aryl methyl sites for hydroxylation is 1. The predicted molar refractivity (Wildman–Crippen MR) is 115 cm³/mol. The molecule has 0 aromatic heterocycles. The highest BCUT2D eigenvalue weighted by atomic mass is 35.6. The fourth-order valence-electron chi connectivity index (χ4n) is 2.09. The second-order valence-electron chi connectivity index (χ2n) is 5.64. The van der Waals surface area contributed by atoms with E-state index in [4.69, 9.17) is 51.8 Å². The standard InChI is InChI=1S/C18H18Cl3N3O2S/c1-11-3-5-12(6-4-11)15(25)23-16(18(19,20)21)24-17(27)22-13-7-9-14(26-2)10-8-13/h3-10,16H,1-2H3,(H,23,25)(H2,22,24,27). The molecular weight excluding hydrogens is 429 g/mol. The first kappa shape index (κ1) is 21.6. The molecule has 1 unspecified atom stereocenters. The molecular formula is C18H18Cl3N3O2S. The van der Waals surface area contributed by atoms with Crippen LogP contribution in [-0.2, 0) is 0 Å². The van der Waals surface area contributed by atoms with Crippen LogP contribution < -0.4 is 20.7 Å². The zero-order valence-corrected chi connectivity index (χ0v) is 17.6. The second kappa shape index (κ2) is 9.46. The van der Waals surface area contributed by atoms with Crippen molar-refractivity contribution < 1.29 is 9.53 Å². The lowest BCUT2D eigenvalue weighted by atomic mass is 10.1. The van der Waals surface area contributed by atoms with Crippen LogP contribution in [0, 0.1) is 6.92 Å². The lowest BCUT2D eigenvalue weighted by Gasteiger charge is -2.27. The Bertz CT molecular complexity index is 793. The van der Waals surface area contributed by atoms with Gasteiger partial charge in [-0.25, -0.2) is 0 Å². The Kier molecular flexibility index (Phi) is 7.56. The molecule has 0 bridgehead atoms. The zero-order chi connectivity index (χ0) is 20.0. The van der Waals surface area contributed by atoms with Gasteiger partial charge in [0.2, 0.25) is 3.79 Å². The largest absolute Gasteiger partial charge is 0.497 e. The number of ether oxygens (including phenoxy) is 1. The van der Waals surface area contributed by atoms with Crippen molar-refractivity contribution in [3.63, 3.8) is 0 Å². The SMILES string of the molecule is COc1ccc(NC(=S)NC(NC(=O)c2ccc(C)cc2)C(Cl)(Cl)Cl)cc1. The van der Waals surface area contributed by atoms with E-state index >= 15 is 0 Å². The van der Waals surface area contributed by atoms with Crippen LogP contribution in [0.2, 0.25) is 0 Å². The molecule has 27 heavy (non-hydrogen) atoms. The van der Waals surface area contributed by atoms with Crippen molar-refractivity contribution in [2.45, 2.75) is 16.9 Å². The summed E-state index contributed by atoms with van der Waals surface area (Å²) in [7, 11) is 1.58. The molecule has 0 spiro atoms. The first-order valence-corrected chi connectivity index (χ1v) is 9.39. The van der Waals surface area contributed by atoms with E-state index in [9.17, 15) is 4.79 Å². The third-order valence-electron chi connectivity index (χ3n) is 3.54. The summed E-state index contributed by atoms with van der Waals surface area (Å²) in [6.07, 6.45) is -1.05. The minimum atomic E-state index is -1.83. The number of carbonyl (C=O) groups excluding carboxylic acids is 1. The van der Waals surface area contributed by atoms with E-state index < -0.39 is 15.9 Å². The number of anilines is 1. The van der Waals surface area contributed by atoms with Crippen LogP contribution in [0.15, 0.2) is 48.5 Å². The van der Waals surface area contributed by atoms with E-state index in [0.29, 0.717) is 17.0 Å². The summed E-state index contributed by atoms with van der Waals surface area (Å²) in [5.74, 6) is 0.315. The van der Waals surface area contributed by atoms with Gasteiger partial charge in [-0.3, -0.25) is 4.79 Å². The van der Waals surface area contributed by atoms with Gasteiger partial charge in [-0.15, -0.1) is 0 Å². The van der Waals surface area contributed by atoms with Gasteiger partial charge in [0.15, 0.2) is 5.11 Å². The molecule has 0 heterocycles. The van der Waals surface area contributed by atoms with Crippen molar-refractivity contribution in [1.82, 2.24) is 10.6 Å². The Morgan fingerprint density at radius 2 is 1.63 bits per heavy atom. The minimum absolute atomic E-state index is 0.181. The molecule has 0 aliphatic rings. The Balaban J connectivity index is 2.03. The second-order valence-corrected chi connectivity index (χ2v) is 8.42. The maximum Gasteiger partial charge on any atom is 0.252 e. The van der Waals surface area contributed by atoms with Crippen LogP contribution in [0.1, 0.15) is 15.9 Å². The summed E-state index contributed by atoms with van der Waals surface area (Å²) >= 11 is 23.2. The van der Waals surface area contributed by atoms with Gasteiger partial charge >= 0.3 is 0 Å². The van der Waals surface area contributed by atoms with E-state index in [1.807, 2.05) is 19.1 Å². The Morgan fingerprint density at radius 3 is 2.15 bits per heavy atom. The Labute approximate surface area is 178 Å². The van der Waals surface area contributed by atoms with Crippen molar-refractivity contribution in [3.8, 4) is 5.75 Å². The summed E-state index contributed by atoms with van der Waals surface area (Å²) in [4.78, 5) is 12.4. The normalized spacial score (nSPS) is 12.0. The van der Waals surface area contributed by atoms with Gasteiger partial charge in [-0.1, -0.05) is 52.5 Å². The Morgan fingerprint density at radius 1 is 1.04 bits per heavy atom. The van der Waals surface area contributed by atoms with Gasteiger partial charge in [-0.05, 0) is 55.5 Å². The number of methoxy groups -OCH3 is 1. The molecule has 2 aromatic rings. The summed E-state index contributed by atoms with van der Waals surface area (Å²) < 4.78 is 3.27. The van der Waals surface area contributed by atoms with E-state index in [1.54, 1.807) is 43.5 Å². The molecule has 3 N–H and O–H groups in total. The molecule has 5 nitrogen and oxygen atoms in total. The van der Waals surface area contributed by atoms with Gasteiger partial charge in [-0.2, -0.15) is 0 Å². The summed E-state index contributed by atoms with van der Waals surface area (Å²) in [6.45, 7) is 1.93. The number of hydrogen-bond acceptors (Lipinski definition) is 3. The third kappa shape index (κ3) is 6.74. The van der Waals surface area contributed by atoms with Crippen molar-refractivity contribution in [1.29, 1.82) is 0 Å².